The third-order valence-corrected chi connectivity index (χ3v) is 3.57. The summed E-state index contributed by atoms with van der Waals surface area (Å²) in [6.07, 6.45) is 2.87. The van der Waals surface area contributed by atoms with Crippen LogP contribution in [0.25, 0.3) is 11.1 Å². The summed E-state index contributed by atoms with van der Waals surface area (Å²) in [5.74, 6) is 1.01. The molecule has 0 heterocycles. The summed E-state index contributed by atoms with van der Waals surface area (Å²) in [5.41, 5.74) is 6.88. The number of nitrogens with two attached hydrogens (primary N) is 1. The average Bonchev–Trinajstić information content (AvgIpc) is 2.58. The van der Waals surface area contributed by atoms with Crippen LogP contribution in [0.3, 0.4) is 0 Å². The minimum Gasteiger partial charge on any atom is -0.493 e. The van der Waals surface area contributed by atoms with Crippen LogP contribution in [0, 0.1) is 0 Å². The average molecular weight is 329 g/mol. The van der Waals surface area contributed by atoms with E-state index in [-0.39, 0.29) is 6.61 Å². The van der Waals surface area contributed by atoms with Gasteiger partial charge in [0.25, 0.3) is 0 Å². The molecule has 5 heteroatoms. The van der Waals surface area contributed by atoms with E-state index in [0.717, 1.165) is 36.8 Å². The Morgan fingerprint density at radius 2 is 1.75 bits per heavy atom. The Hall–Kier alpha value is -2.53. The number of amides is 1. The number of unbranched alkanes of at least 4 members (excludes halogenated alkanes) is 3. The first-order chi connectivity index (χ1) is 11.7. The lowest BCUT2D eigenvalue weighted by Gasteiger charge is -2.12. The summed E-state index contributed by atoms with van der Waals surface area (Å²) in [6, 6.07) is 15.0. The SMILES string of the molecule is NC(=O)Oc1cc(OCCCCCCO)ccc1-c1ccccc1. The zero-order chi connectivity index (χ0) is 17.2. The van der Waals surface area contributed by atoms with Crippen LogP contribution in [0.15, 0.2) is 48.5 Å². The number of ether oxygens (including phenoxy) is 2. The van der Waals surface area contributed by atoms with Gasteiger partial charge in [-0.2, -0.15) is 0 Å². The fraction of sp³-hybridized carbons (Fsp3) is 0.316. The van der Waals surface area contributed by atoms with E-state index in [1.165, 1.54) is 0 Å². The van der Waals surface area contributed by atoms with Crippen LogP contribution in [0.4, 0.5) is 4.79 Å². The van der Waals surface area contributed by atoms with Crippen molar-refractivity contribution in [3.8, 4) is 22.6 Å². The molecule has 0 unspecified atom stereocenters. The van der Waals surface area contributed by atoms with E-state index in [4.69, 9.17) is 20.3 Å². The van der Waals surface area contributed by atoms with Crippen molar-refractivity contribution in [3.05, 3.63) is 48.5 Å². The van der Waals surface area contributed by atoms with E-state index in [1.54, 1.807) is 6.07 Å². The number of hydrogen-bond acceptors (Lipinski definition) is 4. The van der Waals surface area contributed by atoms with Gasteiger partial charge < -0.3 is 20.3 Å². The molecule has 5 nitrogen and oxygen atoms in total. The van der Waals surface area contributed by atoms with E-state index < -0.39 is 6.09 Å². The number of carbonyl (C=O) groups is 1. The Morgan fingerprint density at radius 1 is 1.00 bits per heavy atom. The van der Waals surface area contributed by atoms with E-state index in [2.05, 4.69) is 0 Å². The van der Waals surface area contributed by atoms with Gasteiger partial charge in [0.2, 0.25) is 0 Å². The fourth-order valence-electron chi connectivity index (χ4n) is 2.40. The van der Waals surface area contributed by atoms with Gasteiger partial charge in [-0.1, -0.05) is 36.8 Å². The summed E-state index contributed by atoms with van der Waals surface area (Å²) < 4.78 is 10.8. The van der Waals surface area contributed by atoms with E-state index >= 15 is 0 Å². The van der Waals surface area contributed by atoms with E-state index in [9.17, 15) is 4.79 Å². The minimum atomic E-state index is -0.853. The molecule has 0 aliphatic carbocycles. The van der Waals surface area contributed by atoms with Gasteiger partial charge in [-0.05, 0) is 37.0 Å². The first-order valence-electron chi connectivity index (χ1n) is 8.11. The second-order valence-electron chi connectivity index (χ2n) is 5.43. The lowest BCUT2D eigenvalue weighted by atomic mass is 10.0. The van der Waals surface area contributed by atoms with Crippen LogP contribution in [0.2, 0.25) is 0 Å². The van der Waals surface area contributed by atoms with Gasteiger partial charge in [0.1, 0.15) is 11.5 Å². The summed E-state index contributed by atoms with van der Waals surface area (Å²) in [4.78, 5) is 11.2. The first kappa shape index (κ1) is 17.8. The van der Waals surface area contributed by atoms with Crippen LogP contribution >= 0.6 is 0 Å². The second-order valence-corrected chi connectivity index (χ2v) is 5.43. The molecule has 0 saturated heterocycles. The predicted molar refractivity (Wildman–Crippen MR) is 93.1 cm³/mol. The van der Waals surface area contributed by atoms with Crippen molar-refractivity contribution in [2.24, 2.45) is 5.73 Å². The second kappa shape index (κ2) is 9.57. The van der Waals surface area contributed by atoms with Gasteiger partial charge in [-0.25, -0.2) is 4.79 Å². The molecule has 0 fully saturated rings. The molecular weight excluding hydrogens is 306 g/mol. The lowest BCUT2D eigenvalue weighted by Crippen LogP contribution is -2.16. The summed E-state index contributed by atoms with van der Waals surface area (Å²) >= 11 is 0. The van der Waals surface area contributed by atoms with Crippen molar-refractivity contribution < 1.29 is 19.4 Å². The first-order valence-corrected chi connectivity index (χ1v) is 8.11. The Labute approximate surface area is 142 Å². The molecule has 1 amide bonds. The minimum absolute atomic E-state index is 0.232. The monoisotopic (exact) mass is 329 g/mol. The molecule has 0 bridgehead atoms. The molecule has 128 valence electrons. The van der Waals surface area contributed by atoms with Crippen molar-refractivity contribution in [2.45, 2.75) is 25.7 Å². The number of rotatable bonds is 9. The number of carbonyl (C=O) groups excluding carboxylic acids is 1. The van der Waals surface area contributed by atoms with Crippen molar-refractivity contribution in [2.75, 3.05) is 13.2 Å². The van der Waals surface area contributed by atoms with Gasteiger partial charge in [0.05, 0.1) is 6.61 Å². The van der Waals surface area contributed by atoms with Gasteiger partial charge in [0.15, 0.2) is 0 Å². The van der Waals surface area contributed by atoms with Crippen LogP contribution in [0.1, 0.15) is 25.7 Å². The van der Waals surface area contributed by atoms with E-state index in [0.29, 0.717) is 18.1 Å². The standard InChI is InChI=1S/C19H23NO4/c20-19(22)24-18-14-16(23-13-7-2-1-6-12-21)10-11-17(18)15-8-4-3-5-9-15/h3-5,8-11,14,21H,1-2,6-7,12-13H2,(H2,20,22). The smallest absolute Gasteiger partial charge is 0.409 e. The molecule has 2 rings (SSSR count). The molecule has 0 aromatic heterocycles. The van der Waals surface area contributed by atoms with Gasteiger partial charge in [-0.15, -0.1) is 0 Å². The molecule has 0 aliphatic heterocycles. The Bertz CT molecular complexity index is 643. The quantitative estimate of drug-likeness (QED) is 0.687. The van der Waals surface area contributed by atoms with Crippen LogP contribution < -0.4 is 15.2 Å². The zero-order valence-corrected chi connectivity index (χ0v) is 13.6. The molecule has 0 aliphatic rings. The summed E-state index contributed by atoms with van der Waals surface area (Å²) in [6.45, 7) is 0.807. The Morgan fingerprint density at radius 3 is 2.46 bits per heavy atom. The lowest BCUT2D eigenvalue weighted by molar-refractivity contribution is 0.210. The van der Waals surface area contributed by atoms with Crippen molar-refractivity contribution in [1.82, 2.24) is 0 Å². The Kier molecular flexibility index (Phi) is 7.11. The van der Waals surface area contributed by atoms with Crippen LogP contribution in [0.5, 0.6) is 11.5 Å². The van der Waals surface area contributed by atoms with Gasteiger partial charge >= 0.3 is 6.09 Å². The fourth-order valence-corrected chi connectivity index (χ4v) is 2.40. The number of aliphatic hydroxyl groups is 1. The highest BCUT2D eigenvalue weighted by Gasteiger charge is 2.10. The van der Waals surface area contributed by atoms with Crippen LogP contribution in [-0.4, -0.2) is 24.4 Å². The van der Waals surface area contributed by atoms with Crippen LogP contribution in [-0.2, 0) is 0 Å². The number of aliphatic hydroxyl groups excluding tert-OH is 1. The van der Waals surface area contributed by atoms with Gasteiger partial charge in [0, 0.05) is 18.2 Å². The van der Waals surface area contributed by atoms with Crippen molar-refractivity contribution in [3.63, 3.8) is 0 Å². The number of hydrogen-bond donors (Lipinski definition) is 2. The molecule has 3 N–H and O–H groups in total. The molecule has 0 radical (unpaired) electrons. The maximum Gasteiger partial charge on any atom is 0.409 e. The molecule has 2 aromatic carbocycles. The molecule has 0 spiro atoms. The predicted octanol–water partition coefficient (Wildman–Crippen LogP) is 3.74. The highest BCUT2D eigenvalue weighted by atomic mass is 16.5. The summed E-state index contributed by atoms with van der Waals surface area (Å²) in [7, 11) is 0. The normalized spacial score (nSPS) is 10.4. The Balaban J connectivity index is 2.05. The van der Waals surface area contributed by atoms with Crippen molar-refractivity contribution in [1.29, 1.82) is 0 Å². The molecule has 0 saturated carbocycles. The van der Waals surface area contributed by atoms with E-state index in [1.807, 2.05) is 42.5 Å². The highest BCUT2D eigenvalue weighted by molar-refractivity contribution is 5.76. The number of benzene rings is 2. The molecular formula is C19H23NO4. The topological polar surface area (TPSA) is 81.8 Å². The highest BCUT2D eigenvalue weighted by Crippen LogP contribution is 2.33. The summed E-state index contributed by atoms with van der Waals surface area (Å²) in [5, 5.41) is 8.74. The number of primary amides is 1. The molecule has 24 heavy (non-hydrogen) atoms. The largest absolute Gasteiger partial charge is 0.493 e. The maximum atomic E-state index is 11.2. The maximum absolute atomic E-state index is 11.2. The molecule has 2 aromatic rings. The molecule has 0 atom stereocenters. The van der Waals surface area contributed by atoms with Crippen molar-refractivity contribution >= 4 is 6.09 Å². The third kappa shape index (κ3) is 5.59. The zero-order valence-electron chi connectivity index (χ0n) is 13.6. The third-order valence-electron chi connectivity index (χ3n) is 3.57. The van der Waals surface area contributed by atoms with Gasteiger partial charge in [-0.3, -0.25) is 0 Å².